The lowest BCUT2D eigenvalue weighted by Gasteiger charge is -2.21. The predicted octanol–water partition coefficient (Wildman–Crippen LogP) is 3.49. The number of aromatic nitrogens is 1. The summed E-state index contributed by atoms with van der Waals surface area (Å²) < 4.78 is 5.18. The van der Waals surface area contributed by atoms with Gasteiger partial charge in [-0.15, -0.1) is 23.7 Å². The molecular weight excluding hydrogens is 346 g/mol. The van der Waals surface area contributed by atoms with Crippen LogP contribution < -0.4 is 15.4 Å². The fraction of sp³-hybridized carbons (Fsp3) is 0.412. The molecule has 2 N–H and O–H groups in total. The molecule has 0 radical (unpaired) electrons. The van der Waals surface area contributed by atoms with Gasteiger partial charge in [0.1, 0.15) is 5.75 Å². The molecule has 3 rings (SSSR count). The topological polar surface area (TPSA) is 63.2 Å². The smallest absolute Gasteiger partial charge is 0.230 e. The molecule has 7 heteroatoms. The number of carbonyl (C=O) groups is 1. The third-order valence-corrected chi connectivity index (χ3v) is 4.94. The van der Waals surface area contributed by atoms with Gasteiger partial charge in [0.15, 0.2) is 5.13 Å². The third kappa shape index (κ3) is 4.26. The summed E-state index contributed by atoms with van der Waals surface area (Å²) >= 11 is 1.52. The van der Waals surface area contributed by atoms with Crippen LogP contribution in [0, 0.1) is 12.8 Å². The average Bonchev–Trinajstić information content (AvgIpc) is 2.96. The average molecular weight is 368 g/mol. The van der Waals surface area contributed by atoms with Gasteiger partial charge in [-0.25, -0.2) is 4.98 Å². The lowest BCUT2D eigenvalue weighted by Crippen LogP contribution is -2.37. The van der Waals surface area contributed by atoms with E-state index in [9.17, 15) is 4.79 Å². The molecule has 1 aromatic carbocycles. The van der Waals surface area contributed by atoms with Crippen LogP contribution in [0.4, 0.5) is 5.13 Å². The number of nitrogens with one attached hydrogen (secondary N) is 2. The monoisotopic (exact) mass is 367 g/mol. The Hall–Kier alpha value is -1.63. The number of halogens is 1. The minimum Gasteiger partial charge on any atom is -0.497 e. The van der Waals surface area contributed by atoms with Crippen LogP contribution in [-0.4, -0.2) is 31.1 Å². The molecule has 2 aromatic rings. The molecule has 1 atom stereocenters. The van der Waals surface area contributed by atoms with Crippen LogP contribution in [0.1, 0.15) is 17.7 Å². The maximum absolute atomic E-state index is 12.3. The highest BCUT2D eigenvalue weighted by atomic mass is 35.5. The quantitative estimate of drug-likeness (QED) is 0.868. The molecular formula is C17H22ClN3O2S. The molecule has 1 unspecified atom stereocenters. The lowest BCUT2D eigenvalue weighted by molar-refractivity contribution is -0.120. The Bertz CT molecular complexity index is 682. The number of anilines is 1. The van der Waals surface area contributed by atoms with E-state index < -0.39 is 0 Å². The van der Waals surface area contributed by atoms with Crippen molar-refractivity contribution in [3.8, 4) is 17.0 Å². The first kappa shape index (κ1) is 18.7. The van der Waals surface area contributed by atoms with Gasteiger partial charge in [0.05, 0.1) is 18.7 Å². The molecule has 1 saturated heterocycles. The van der Waals surface area contributed by atoms with E-state index in [1.807, 2.05) is 31.2 Å². The van der Waals surface area contributed by atoms with Gasteiger partial charge in [0.25, 0.3) is 0 Å². The number of piperidine rings is 1. The number of aryl methyl sites for hydroxylation is 1. The van der Waals surface area contributed by atoms with Crippen molar-refractivity contribution in [2.24, 2.45) is 5.92 Å². The molecule has 24 heavy (non-hydrogen) atoms. The third-order valence-electron chi connectivity index (χ3n) is 4.06. The second-order valence-electron chi connectivity index (χ2n) is 5.68. The molecule has 5 nitrogen and oxygen atoms in total. The Morgan fingerprint density at radius 3 is 2.75 bits per heavy atom. The molecule has 1 amide bonds. The highest BCUT2D eigenvalue weighted by Crippen LogP contribution is 2.31. The molecule has 1 fully saturated rings. The second-order valence-corrected chi connectivity index (χ2v) is 6.89. The van der Waals surface area contributed by atoms with Crippen LogP contribution in [0.3, 0.4) is 0 Å². The van der Waals surface area contributed by atoms with E-state index >= 15 is 0 Å². The summed E-state index contributed by atoms with van der Waals surface area (Å²) in [5.74, 6) is 0.921. The lowest BCUT2D eigenvalue weighted by atomic mass is 9.99. The molecule has 0 saturated carbocycles. The van der Waals surface area contributed by atoms with E-state index in [0.29, 0.717) is 5.13 Å². The van der Waals surface area contributed by atoms with Gasteiger partial charge in [-0.2, -0.15) is 0 Å². The first-order valence-electron chi connectivity index (χ1n) is 7.81. The normalized spacial score (nSPS) is 17.0. The number of thiazole rings is 1. The largest absolute Gasteiger partial charge is 0.497 e. The second kappa shape index (κ2) is 8.46. The fourth-order valence-electron chi connectivity index (χ4n) is 2.75. The van der Waals surface area contributed by atoms with Gasteiger partial charge >= 0.3 is 0 Å². The van der Waals surface area contributed by atoms with Gasteiger partial charge in [-0.1, -0.05) is 0 Å². The summed E-state index contributed by atoms with van der Waals surface area (Å²) in [6.07, 6.45) is 1.99. The van der Waals surface area contributed by atoms with Crippen molar-refractivity contribution in [2.45, 2.75) is 19.8 Å². The van der Waals surface area contributed by atoms with Crippen molar-refractivity contribution in [2.75, 3.05) is 25.5 Å². The van der Waals surface area contributed by atoms with Crippen LogP contribution in [-0.2, 0) is 4.79 Å². The van der Waals surface area contributed by atoms with E-state index in [-0.39, 0.29) is 24.2 Å². The van der Waals surface area contributed by atoms with Gasteiger partial charge in [0, 0.05) is 17.0 Å². The number of rotatable bonds is 4. The van der Waals surface area contributed by atoms with Gasteiger partial charge < -0.3 is 15.4 Å². The molecule has 2 heterocycles. The van der Waals surface area contributed by atoms with Crippen LogP contribution in [0.5, 0.6) is 5.75 Å². The Morgan fingerprint density at radius 2 is 2.12 bits per heavy atom. The zero-order chi connectivity index (χ0) is 16.2. The van der Waals surface area contributed by atoms with E-state index in [1.165, 1.54) is 11.3 Å². The number of hydrogen-bond acceptors (Lipinski definition) is 5. The van der Waals surface area contributed by atoms with Gasteiger partial charge in [-0.05, 0) is 50.6 Å². The summed E-state index contributed by atoms with van der Waals surface area (Å²) in [6.45, 7) is 3.78. The first-order chi connectivity index (χ1) is 11.2. The predicted molar refractivity (Wildman–Crippen MR) is 100 cm³/mol. The van der Waals surface area contributed by atoms with E-state index in [4.69, 9.17) is 4.74 Å². The van der Waals surface area contributed by atoms with E-state index in [0.717, 1.165) is 47.8 Å². The van der Waals surface area contributed by atoms with Crippen molar-refractivity contribution < 1.29 is 9.53 Å². The summed E-state index contributed by atoms with van der Waals surface area (Å²) in [4.78, 5) is 18.0. The van der Waals surface area contributed by atoms with Crippen molar-refractivity contribution in [3.05, 3.63) is 29.1 Å². The number of amides is 1. The summed E-state index contributed by atoms with van der Waals surface area (Å²) in [6, 6.07) is 7.80. The Balaban J connectivity index is 0.00000208. The molecule has 0 spiro atoms. The van der Waals surface area contributed by atoms with Gasteiger partial charge in [0.2, 0.25) is 5.91 Å². The molecule has 1 aromatic heterocycles. The number of methoxy groups -OCH3 is 1. The zero-order valence-corrected chi connectivity index (χ0v) is 15.4. The molecule has 1 aliphatic heterocycles. The molecule has 130 valence electrons. The maximum Gasteiger partial charge on any atom is 0.230 e. The first-order valence-corrected chi connectivity index (χ1v) is 8.62. The van der Waals surface area contributed by atoms with E-state index in [2.05, 4.69) is 15.6 Å². The summed E-state index contributed by atoms with van der Waals surface area (Å²) in [5.41, 5.74) is 1.94. The minimum absolute atomic E-state index is 0. The maximum atomic E-state index is 12.3. The molecule has 0 bridgehead atoms. The molecule has 0 aliphatic carbocycles. The van der Waals surface area contributed by atoms with Crippen molar-refractivity contribution in [1.29, 1.82) is 0 Å². The van der Waals surface area contributed by atoms with Crippen LogP contribution in [0.15, 0.2) is 24.3 Å². The number of hydrogen-bond donors (Lipinski definition) is 2. The van der Waals surface area contributed by atoms with Crippen LogP contribution in [0.25, 0.3) is 11.3 Å². The van der Waals surface area contributed by atoms with Crippen molar-refractivity contribution >= 4 is 34.8 Å². The Kier molecular flexibility index (Phi) is 6.60. The summed E-state index contributed by atoms with van der Waals surface area (Å²) in [5, 5.41) is 6.90. The number of nitrogens with zero attached hydrogens (tertiary/aromatic N) is 1. The fourth-order valence-corrected chi connectivity index (χ4v) is 3.59. The standard InChI is InChI=1S/C17H21N3O2S.ClH/c1-11-15(12-5-7-14(22-2)8-6-12)19-17(23-11)20-16(21)13-4-3-9-18-10-13;/h5-8,13,18H,3-4,9-10H2,1-2H3,(H,19,20,21);1H. The van der Waals surface area contributed by atoms with Crippen LogP contribution in [0.2, 0.25) is 0 Å². The SMILES string of the molecule is COc1ccc(-c2nc(NC(=O)C3CCCNC3)sc2C)cc1.Cl. The van der Waals surface area contributed by atoms with Gasteiger partial charge in [-0.3, -0.25) is 4.79 Å². The number of benzene rings is 1. The number of ether oxygens (including phenoxy) is 1. The van der Waals surface area contributed by atoms with Crippen molar-refractivity contribution in [3.63, 3.8) is 0 Å². The number of carbonyl (C=O) groups excluding carboxylic acids is 1. The van der Waals surface area contributed by atoms with Crippen LogP contribution >= 0.6 is 23.7 Å². The molecule has 1 aliphatic rings. The zero-order valence-electron chi connectivity index (χ0n) is 13.8. The highest BCUT2D eigenvalue weighted by Gasteiger charge is 2.22. The minimum atomic E-state index is 0. The Labute approximate surface area is 152 Å². The Morgan fingerprint density at radius 1 is 1.38 bits per heavy atom. The summed E-state index contributed by atoms with van der Waals surface area (Å²) in [7, 11) is 1.65. The highest BCUT2D eigenvalue weighted by molar-refractivity contribution is 7.16. The van der Waals surface area contributed by atoms with Crippen molar-refractivity contribution in [1.82, 2.24) is 10.3 Å². The van der Waals surface area contributed by atoms with E-state index in [1.54, 1.807) is 7.11 Å².